The van der Waals surface area contributed by atoms with Gasteiger partial charge >= 0.3 is 0 Å². The maximum Gasteiger partial charge on any atom is 0.230 e. The fourth-order valence-corrected chi connectivity index (χ4v) is 12.6. The summed E-state index contributed by atoms with van der Waals surface area (Å²) in [7, 11) is 0. The molecule has 75 heavy (non-hydrogen) atoms. The molecule has 0 aliphatic rings. The zero-order chi connectivity index (χ0) is 57.7. The van der Waals surface area contributed by atoms with Gasteiger partial charge in [0, 0.05) is 76.5 Å². The summed E-state index contributed by atoms with van der Waals surface area (Å²) in [5, 5.41) is 1.28. The van der Waals surface area contributed by atoms with Crippen molar-refractivity contribution in [3.63, 3.8) is 0 Å². The van der Waals surface area contributed by atoms with Gasteiger partial charge < -0.3 is 44.2 Å². The van der Waals surface area contributed by atoms with Crippen LogP contribution in [-0.2, 0) is 0 Å². The highest BCUT2D eigenvalue weighted by Crippen LogP contribution is 2.33. The molecule has 0 saturated carbocycles. The van der Waals surface area contributed by atoms with Gasteiger partial charge in [0.15, 0.2) is 34.3 Å². The quantitative estimate of drug-likeness (QED) is 0.0190. The second-order valence-corrected chi connectivity index (χ2v) is 23.0. The van der Waals surface area contributed by atoms with Crippen LogP contribution in [0.25, 0.3) is 0 Å². The van der Waals surface area contributed by atoms with Crippen molar-refractivity contribution in [1.82, 2.24) is 89.7 Å². The molecule has 6 heterocycles. The van der Waals surface area contributed by atoms with E-state index in [0.717, 1.165) is 4.90 Å². The van der Waals surface area contributed by atoms with Crippen LogP contribution in [0.15, 0.2) is 48.9 Å². The molecule has 0 spiro atoms. The summed E-state index contributed by atoms with van der Waals surface area (Å²) in [5.74, 6) is 2.80. The first-order valence-corrected chi connectivity index (χ1v) is 29.4. The molecule has 7 rings (SSSR count). The van der Waals surface area contributed by atoms with Gasteiger partial charge in [-0.05, 0) is 94.8 Å². The Balaban J connectivity index is 1.31. The van der Waals surface area contributed by atoms with Crippen LogP contribution in [0.4, 0.5) is 47.3 Å². The van der Waals surface area contributed by atoms with Gasteiger partial charge in [-0.25, -0.2) is 0 Å². The zero-order valence-electron chi connectivity index (χ0n) is 44.0. The molecule has 1 atom stereocenters. The predicted octanol–water partition coefficient (Wildman–Crippen LogP) is 6.44. The molecule has 38 heteroatoms. The van der Waals surface area contributed by atoms with Crippen molar-refractivity contribution in [2.45, 2.75) is 49.4 Å². The molecule has 0 saturated heterocycles. The summed E-state index contributed by atoms with van der Waals surface area (Å²) in [4.78, 5) is 82.7. The monoisotopic (exact) mass is 1260 g/mol. The number of nitrogens with two attached hydrogens (primary N) is 6. The second-order valence-electron chi connectivity index (χ2n) is 14.4. The Kier molecular flexibility index (Phi) is 19.2. The normalized spacial score (nSPS) is 12.6. The van der Waals surface area contributed by atoms with Gasteiger partial charge in [0.05, 0.1) is 0 Å². The van der Waals surface area contributed by atoms with E-state index in [1.165, 1.54) is 70.6 Å². The van der Waals surface area contributed by atoms with Gasteiger partial charge in [0.25, 0.3) is 0 Å². The van der Waals surface area contributed by atoms with E-state index in [1.54, 1.807) is 6.07 Å². The van der Waals surface area contributed by atoms with Crippen molar-refractivity contribution >= 4 is 188 Å². The molecule has 0 radical (unpaired) electrons. The van der Waals surface area contributed by atoms with Crippen molar-refractivity contribution in [1.29, 1.82) is 0 Å². The average molecular weight is 1260 g/mol. The number of nitrogen functional groups attached to an aromatic ring is 6. The van der Waals surface area contributed by atoms with Crippen LogP contribution in [0.2, 0.25) is 39.9 Å². The number of hydrogen-bond donors (Lipinski definition) is 6. The smallest absolute Gasteiger partial charge is 0.230 e. The first-order chi connectivity index (χ1) is 39.2. The summed E-state index contributed by atoms with van der Waals surface area (Å²) in [6.45, 7) is 1.14. The third kappa shape index (κ3) is 19.5. The maximum atomic E-state index is 7.75. The number of anilines is 8. The highest BCUT2D eigenvalue weighted by Gasteiger charge is 2.24. The molecule has 0 bridgehead atoms. The molecule has 26 nitrogen and oxygen atoms in total. The van der Waals surface area contributed by atoms with Crippen molar-refractivity contribution < 1.29 is 8.47 Å². The minimum Gasteiger partial charge on any atom is -0.399 e. The van der Waals surface area contributed by atoms with Crippen molar-refractivity contribution in [3.8, 4) is 0 Å². The Bertz CT molecular complexity index is 2680. The van der Waals surface area contributed by atoms with E-state index in [4.69, 9.17) is 93.0 Å². The van der Waals surface area contributed by atoms with Gasteiger partial charge in [-0.3, -0.25) is 0 Å². The maximum absolute atomic E-state index is 7.75. The van der Waals surface area contributed by atoms with Crippen LogP contribution in [-0.4, -0.2) is 150 Å². The number of benzene rings is 1. The fourth-order valence-electron chi connectivity index (χ4n) is 6.09. The Hall–Kier alpha value is -4.48. The van der Waals surface area contributed by atoms with E-state index >= 15 is 0 Å². The Morgan fingerprint density at radius 2 is 0.733 bits per heavy atom. The molecule has 7 aromatic rings. The third-order valence-corrected chi connectivity index (χ3v) is 15.4. The SMILES string of the molecule is [2H]Nc1cc(Cl)cc(SCCC(CCSc2nc(Cl)nc(N[2H])n2)c2nc(N(CCSc3nc(Cl)nc(N[2H])n3)CCSc3nc(Cl)nc(N[2H])n3)nc(N(CCSc3nc(Cl)nc(N[2H])n3)CCSc3nc(Cl)nc(N[2H])n3)n2)c1. The van der Waals surface area contributed by atoms with Gasteiger partial charge in [-0.2, -0.15) is 89.7 Å². The van der Waals surface area contributed by atoms with Crippen LogP contribution < -0.4 is 44.2 Å². The molecule has 0 amide bonds. The lowest BCUT2D eigenvalue weighted by molar-refractivity contribution is 0.600. The first-order valence-electron chi connectivity index (χ1n) is 24.2. The summed E-state index contributed by atoms with van der Waals surface area (Å²) in [5.41, 5.74) is 13.7. The third-order valence-electron chi connectivity index (χ3n) is 9.17. The van der Waals surface area contributed by atoms with Gasteiger partial charge in [-0.1, -0.05) is 70.4 Å². The molecule has 6 aromatic heterocycles. The van der Waals surface area contributed by atoms with Gasteiger partial charge in [-0.15, -0.1) is 11.8 Å². The summed E-state index contributed by atoms with van der Waals surface area (Å²) in [6.07, 6.45) is 0.975. The lowest BCUT2D eigenvalue weighted by Gasteiger charge is -2.28. The zero-order valence-corrected chi connectivity index (χ0v) is 47.4. The van der Waals surface area contributed by atoms with E-state index in [-0.39, 0.29) is 126 Å². The lowest BCUT2D eigenvalue weighted by atomic mass is 10.0. The Morgan fingerprint density at radius 3 is 1.08 bits per heavy atom. The predicted molar refractivity (Wildman–Crippen MR) is 303 cm³/mol. The van der Waals surface area contributed by atoms with Crippen molar-refractivity contribution in [2.24, 2.45) is 0 Å². The Morgan fingerprint density at radius 1 is 0.387 bits per heavy atom. The van der Waals surface area contributed by atoms with Gasteiger partial charge in [0.1, 0.15) is 5.82 Å². The molecule has 1 aromatic carbocycles. The largest absolute Gasteiger partial charge is 0.399 e. The van der Waals surface area contributed by atoms with Crippen LogP contribution in [0.1, 0.15) is 24.6 Å². The van der Waals surface area contributed by atoms with Crippen LogP contribution in [0, 0.1) is 0 Å². The number of rotatable bonds is 33. The van der Waals surface area contributed by atoms with Crippen molar-refractivity contribution in [2.75, 3.05) is 105 Å². The van der Waals surface area contributed by atoms with E-state index in [2.05, 4.69) is 109 Å². The molecule has 12 N–H and O–H groups in total. The second kappa shape index (κ2) is 28.8. The summed E-state index contributed by atoms with van der Waals surface area (Å²) >= 11 is 45.3. The molecule has 396 valence electrons. The van der Waals surface area contributed by atoms with E-state index in [0.29, 0.717) is 63.9 Å². The molecule has 0 fully saturated rings. The molecular weight excluding hydrogens is 1210 g/mol. The highest BCUT2D eigenvalue weighted by molar-refractivity contribution is 8.00. The van der Waals surface area contributed by atoms with Crippen LogP contribution in [0.3, 0.4) is 0 Å². The number of hydrogen-bond acceptors (Lipinski definition) is 32. The number of halogens is 6. The Labute approximate surface area is 491 Å². The molecule has 0 aliphatic carbocycles. The molecular formula is C37H40Cl6N26S6. The van der Waals surface area contributed by atoms with E-state index < -0.39 is 0 Å². The lowest BCUT2D eigenvalue weighted by Crippen LogP contribution is -2.34. The van der Waals surface area contributed by atoms with E-state index in [1.807, 2.05) is 21.9 Å². The summed E-state index contributed by atoms with van der Waals surface area (Å²) in [6, 6.07) is 5.29. The van der Waals surface area contributed by atoms with Crippen LogP contribution >= 0.6 is 140 Å². The number of aromatic nitrogens is 18. The van der Waals surface area contributed by atoms with Crippen molar-refractivity contribution in [3.05, 3.63) is 55.5 Å². The minimum absolute atomic E-state index is 0.0218. The molecule has 0 aliphatic heterocycles. The highest BCUT2D eigenvalue weighted by atomic mass is 35.5. The topological polar surface area (TPSA) is 395 Å². The minimum atomic E-state index is -0.377. The van der Waals surface area contributed by atoms with Gasteiger partial charge in [0.2, 0.25) is 68.1 Å². The number of thioether (sulfide) groups is 6. The fraction of sp³-hybridized carbons (Fsp3) is 0.351. The van der Waals surface area contributed by atoms with Crippen LogP contribution in [0.5, 0.6) is 0 Å². The average Bonchev–Trinajstić information content (AvgIpc) is 3.55. The number of nitrogens with zero attached hydrogens (tertiary/aromatic N) is 20. The standard InChI is InChI=1S/C37H40Cl6N26S6/c38-17-13-18(44)15-19(14-17)70-7-1-16(2-8-71-33-57-21(39)52-26(45)62-33)20-50-31(68(3-9-72-34-58-22(40)53-27(46)63-34)4-10-73-35-59-23(41)54-28(47)64-35)67-32(51-20)69(5-11-74-36-60-24(42)55-29(48)65-36)6-12-75-37-61-25(43)56-30(49)66-37/h13-16H,1-12,44H2,(H2,45,52,57,62)(H2,46,53,58,63)(H2,47,54,59,64)(H2,48,55,60,65)(H2,49,56,61,66)/i/hD6. The molecule has 1 unspecified atom stereocenters. The van der Waals surface area contributed by atoms with E-state index in [9.17, 15) is 0 Å². The first kappa shape index (κ1) is 50.1. The summed E-state index contributed by atoms with van der Waals surface area (Å²) < 4.78 is 45.8.